The SMILES string of the molecule is CC.CNCCOCCOCCOC(C)C(F)CNC=O. The molecule has 6 nitrogen and oxygen atoms in total. The summed E-state index contributed by atoms with van der Waals surface area (Å²) < 4.78 is 29.1. The number of rotatable bonds is 14. The van der Waals surface area contributed by atoms with E-state index in [2.05, 4.69) is 10.6 Å². The molecule has 7 heteroatoms. The van der Waals surface area contributed by atoms with Gasteiger partial charge in [0.1, 0.15) is 6.17 Å². The number of likely N-dealkylation sites (N-methyl/N-ethyl adjacent to an activating group) is 1. The molecule has 0 spiro atoms. The van der Waals surface area contributed by atoms with E-state index < -0.39 is 12.3 Å². The average Bonchev–Trinajstić information content (AvgIpc) is 2.52. The second-order valence-electron chi connectivity index (χ2n) is 3.95. The summed E-state index contributed by atoms with van der Waals surface area (Å²) in [4.78, 5) is 10.0. The van der Waals surface area contributed by atoms with Crippen LogP contribution in [-0.4, -0.2) is 71.9 Å². The molecule has 0 saturated heterocycles. The molecule has 2 unspecified atom stereocenters. The second-order valence-corrected chi connectivity index (χ2v) is 3.95. The first-order chi connectivity index (χ1) is 10.2. The predicted molar refractivity (Wildman–Crippen MR) is 81.3 cm³/mol. The first kappa shape index (κ1) is 22.5. The van der Waals surface area contributed by atoms with E-state index in [1.165, 1.54) is 0 Å². The zero-order chi connectivity index (χ0) is 16.3. The van der Waals surface area contributed by atoms with Gasteiger partial charge in [-0.05, 0) is 14.0 Å². The van der Waals surface area contributed by atoms with Crippen molar-refractivity contribution in [3.05, 3.63) is 0 Å². The number of alkyl halides is 1. The maximum absolute atomic E-state index is 13.3. The molecule has 2 N–H and O–H groups in total. The first-order valence-corrected chi connectivity index (χ1v) is 7.45. The Morgan fingerprint density at radius 3 is 2.24 bits per heavy atom. The number of hydrogen-bond acceptors (Lipinski definition) is 5. The molecule has 0 heterocycles. The van der Waals surface area contributed by atoms with E-state index in [-0.39, 0.29) is 6.54 Å². The monoisotopic (exact) mass is 310 g/mol. The van der Waals surface area contributed by atoms with Gasteiger partial charge in [-0.2, -0.15) is 0 Å². The highest BCUT2D eigenvalue weighted by molar-refractivity contribution is 5.45. The summed E-state index contributed by atoms with van der Waals surface area (Å²) in [5.41, 5.74) is 0. The van der Waals surface area contributed by atoms with Crippen molar-refractivity contribution in [3.8, 4) is 0 Å². The van der Waals surface area contributed by atoms with Crippen molar-refractivity contribution in [2.45, 2.75) is 33.0 Å². The summed E-state index contributed by atoms with van der Waals surface area (Å²) in [5.74, 6) is 0. The molecule has 0 radical (unpaired) electrons. The van der Waals surface area contributed by atoms with E-state index in [0.29, 0.717) is 39.4 Å². The summed E-state index contributed by atoms with van der Waals surface area (Å²) in [5, 5.41) is 5.24. The van der Waals surface area contributed by atoms with Crippen LogP contribution in [0, 0.1) is 0 Å². The molecule has 1 amide bonds. The van der Waals surface area contributed by atoms with Crippen molar-refractivity contribution in [2.24, 2.45) is 0 Å². The molecule has 0 saturated carbocycles. The second kappa shape index (κ2) is 19.2. The van der Waals surface area contributed by atoms with E-state index >= 15 is 0 Å². The molecule has 0 fully saturated rings. The van der Waals surface area contributed by atoms with Gasteiger partial charge < -0.3 is 24.8 Å². The normalized spacial score (nSPS) is 13.0. The highest BCUT2D eigenvalue weighted by Crippen LogP contribution is 2.02. The van der Waals surface area contributed by atoms with Crippen molar-refractivity contribution < 1.29 is 23.4 Å². The molecule has 0 bridgehead atoms. The molecule has 0 aromatic carbocycles. The zero-order valence-electron chi connectivity index (χ0n) is 13.7. The quantitative estimate of drug-likeness (QED) is 0.366. The predicted octanol–water partition coefficient (Wildman–Crippen LogP) is 0.754. The van der Waals surface area contributed by atoms with Crippen LogP contribution in [0.25, 0.3) is 0 Å². The minimum Gasteiger partial charge on any atom is -0.378 e. The largest absolute Gasteiger partial charge is 0.378 e. The minimum atomic E-state index is -1.21. The lowest BCUT2D eigenvalue weighted by Gasteiger charge is -2.17. The molecule has 0 aliphatic carbocycles. The van der Waals surface area contributed by atoms with Gasteiger partial charge in [0, 0.05) is 6.54 Å². The molecular formula is C14H31FN2O4. The standard InChI is InChI=1S/C12H25FN2O4.C2H6/c1-11(12(13)9-15-10-16)19-8-7-18-6-5-17-4-3-14-2;1-2/h10-12,14H,3-9H2,1-2H3,(H,15,16);1-2H3. The van der Waals surface area contributed by atoms with Gasteiger partial charge in [-0.1, -0.05) is 13.8 Å². The summed E-state index contributed by atoms with van der Waals surface area (Å²) >= 11 is 0. The van der Waals surface area contributed by atoms with E-state index in [1.807, 2.05) is 20.9 Å². The number of carbonyl (C=O) groups excluding carboxylic acids is 1. The Hall–Kier alpha value is -0.760. The lowest BCUT2D eigenvalue weighted by molar-refractivity contribution is -0.110. The Morgan fingerprint density at radius 1 is 1.10 bits per heavy atom. The van der Waals surface area contributed by atoms with Gasteiger partial charge in [-0.15, -0.1) is 0 Å². The Kier molecular flexibility index (Phi) is 20.6. The average molecular weight is 310 g/mol. The maximum Gasteiger partial charge on any atom is 0.207 e. The smallest absolute Gasteiger partial charge is 0.207 e. The molecule has 0 aliphatic rings. The van der Waals surface area contributed by atoms with Crippen LogP contribution in [0.3, 0.4) is 0 Å². The Bertz CT molecular complexity index is 211. The van der Waals surface area contributed by atoms with Crippen LogP contribution in [0.4, 0.5) is 4.39 Å². The molecule has 2 atom stereocenters. The van der Waals surface area contributed by atoms with Gasteiger partial charge in [0.05, 0.1) is 45.7 Å². The molecule has 0 aromatic heterocycles. The van der Waals surface area contributed by atoms with Crippen molar-refractivity contribution in [3.63, 3.8) is 0 Å². The summed E-state index contributed by atoms with van der Waals surface area (Å²) in [6.45, 7) is 8.79. The van der Waals surface area contributed by atoms with E-state index in [9.17, 15) is 9.18 Å². The van der Waals surface area contributed by atoms with Gasteiger partial charge >= 0.3 is 0 Å². The van der Waals surface area contributed by atoms with E-state index in [4.69, 9.17) is 14.2 Å². The van der Waals surface area contributed by atoms with Crippen molar-refractivity contribution in [1.29, 1.82) is 0 Å². The summed E-state index contributed by atoms with van der Waals surface area (Å²) in [6, 6.07) is 0. The van der Waals surface area contributed by atoms with Gasteiger partial charge in [-0.25, -0.2) is 4.39 Å². The fourth-order valence-corrected chi connectivity index (χ4v) is 1.22. The number of amides is 1. The Morgan fingerprint density at radius 2 is 1.67 bits per heavy atom. The van der Waals surface area contributed by atoms with Crippen LogP contribution in [0.5, 0.6) is 0 Å². The highest BCUT2D eigenvalue weighted by Gasteiger charge is 2.15. The number of halogens is 1. The van der Waals surface area contributed by atoms with Crippen LogP contribution >= 0.6 is 0 Å². The molecule has 0 aromatic rings. The molecular weight excluding hydrogens is 279 g/mol. The van der Waals surface area contributed by atoms with Crippen molar-refractivity contribution >= 4 is 6.41 Å². The fourth-order valence-electron chi connectivity index (χ4n) is 1.22. The van der Waals surface area contributed by atoms with Gasteiger partial charge in [0.15, 0.2) is 0 Å². The van der Waals surface area contributed by atoms with Crippen LogP contribution in [-0.2, 0) is 19.0 Å². The maximum atomic E-state index is 13.3. The molecule has 21 heavy (non-hydrogen) atoms. The number of carbonyl (C=O) groups is 1. The minimum absolute atomic E-state index is 0.0369. The first-order valence-electron chi connectivity index (χ1n) is 7.45. The van der Waals surface area contributed by atoms with Gasteiger partial charge in [-0.3, -0.25) is 4.79 Å². The number of hydrogen-bond donors (Lipinski definition) is 2. The van der Waals surface area contributed by atoms with Crippen LogP contribution in [0.2, 0.25) is 0 Å². The van der Waals surface area contributed by atoms with E-state index in [0.717, 1.165) is 6.54 Å². The lowest BCUT2D eigenvalue weighted by atomic mass is 10.2. The zero-order valence-corrected chi connectivity index (χ0v) is 13.7. The molecule has 0 aliphatic heterocycles. The number of nitrogens with one attached hydrogen (secondary N) is 2. The van der Waals surface area contributed by atoms with Crippen molar-refractivity contribution in [2.75, 3.05) is 53.2 Å². The van der Waals surface area contributed by atoms with E-state index in [1.54, 1.807) is 6.92 Å². The lowest BCUT2D eigenvalue weighted by Crippen LogP contribution is -2.33. The van der Waals surface area contributed by atoms with Gasteiger partial charge in [0.2, 0.25) is 6.41 Å². The highest BCUT2D eigenvalue weighted by atomic mass is 19.1. The Labute approximate surface area is 127 Å². The molecule has 128 valence electrons. The fraction of sp³-hybridized carbons (Fsp3) is 0.929. The van der Waals surface area contributed by atoms with Crippen LogP contribution < -0.4 is 10.6 Å². The Balaban J connectivity index is 0. The molecule has 0 rings (SSSR count). The number of ether oxygens (including phenoxy) is 3. The summed E-state index contributed by atoms with van der Waals surface area (Å²) in [7, 11) is 1.86. The van der Waals surface area contributed by atoms with Crippen LogP contribution in [0.1, 0.15) is 20.8 Å². The third kappa shape index (κ3) is 17.2. The summed E-state index contributed by atoms with van der Waals surface area (Å²) in [6.07, 6.45) is -1.31. The third-order valence-corrected chi connectivity index (χ3v) is 2.38. The van der Waals surface area contributed by atoms with Crippen molar-refractivity contribution in [1.82, 2.24) is 10.6 Å². The third-order valence-electron chi connectivity index (χ3n) is 2.38. The topological polar surface area (TPSA) is 68.8 Å². The van der Waals surface area contributed by atoms with Gasteiger partial charge in [0.25, 0.3) is 0 Å². The van der Waals surface area contributed by atoms with Crippen LogP contribution in [0.15, 0.2) is 0 Å².